The first kappa shape index (κ1) is 15.3. The molecule has 0 aliphatic carbocycles. The summed E-state index contributed by atoms with van der Waals surface area (Å²) in [7, 11) is 1.60. The Hall–Kier alpha value is -2.60. The van der Waals surface area contributed by atoms with E-state index in [0.29, 0.717) is 15.8 Å². The van der Waals surface area contributed by atoms with E-state index in [2.05, 4.69) is 10.3 Å². The number of nitrogens with one attached hydrogen (secondary N) is 1. The van der Waals surface area contributed by atoms with Crippen molar-refractivity contribution >= 4 is 34.6 Å². The van der Waals surface area contributed by atoms with E-state index >= 15 is 0 Å². The fraction of sp³-hybridized carbons (Fsp3) is 0.0588. The predicted octanol–water partition coefficient (Wildman–Crippen LogP) is 3.73. The average molecular weight is 328 g/mol. The van der Waals surface area contributed by atoms with Crippen LogP contribution in [0.25, 0.3) is 6.08 Å². The van der Waals surface area contributed by atoms with Crippen LogP contribution >= 0.6 is 11.8 Å². The second-order valence-electron chi connectivity index (χ2n) is 4.73. The Labute approximate surface area is 137 Å². The van der Waals surface area contributed by atoms with Gasteiger partial charge in [0.05, 0.1) is 17.7 Å². The van der Waals surface area contributed by atoms with Crippen LogP contribution < -0.4 is 10.1 Å². The van der Waals surface area contributed by atoms with Gasteiger partial charge >= 0.3 is 0 Å². The molecule has 1 aliphatic heterocycles. The standard InChI is InChI=1S/C17H13FN2O2S/c1-22-14-7-5-11(6-8-14)9-15-16(21)20-17(23-15)19-13-4-2-3-12(18)10-13/h2-10H,1H3,(H,19,20,21). The third-order valence-electron chi connectivity index (χ3n) is 3.10. The molecule has 1 heterocycles. The number of rotatable bonds is 3. The highest BCUT2D eigenvalue weighted by Crippen LogP contribution is 2.28. The lowest BCUT2D eigenvalue weighted by Crippen LogP contribution is -2.19. The van der Waals surface area contributed by atoms with Crippen molar-refractivity contribution in [2.75, 3.05) is 7.11 Å². The van der Waals surface area contributed by atoms with Gasteiger partial charge in [0.15, 0.2) is 5.17 Å². The quantitative estimate of drug-likeness (QED) is 0.874. The number of amidine groups is 1. The zero-order valence-corrected chi connectivity index (χ0v) is 13.1. The summed E-state index contributed by atoms with van der Waals surface area (Å²) < 4.78 is 18.3. The van der Waals surface area contributed by atoms with E-state index in [1.54, 1.807) is 25.3 Å². The maximum Gasteiger partial charge on any atom is 0.264 e. The van der Waals surface area contributed by atoms with Crippen LogP contribution in [0.15, 0.2) is 58.4 Å². The molecule has 0 spiro atoms. The zero-order chi connectivity index (χ0) is 16.2. The van der Waals surface area contributed by atoms with Crippen molar-refractivity contribution in [2.45, 2.75) is 0 Å². The third kappa shape index (κ3) is 3.78. The van der Waals surface area contributed by atoms with Crippen LogP contribution in [0.3, 0.4) is 0 Å². The molecule has 116 valence electrons. The highest BCUT2D eigenvalue weighted by molar-refractivity contribution is 8.18. The summed E-state index contributed by atoms with van der Waals surface area (Å²) in [6, 6.07) is 13.3. The SMILES string of the molecule is COc1ccc(C=C2SC(=Nc3cccc(F)c3)NC2=O)cc1. The lowest BCUT2D eigenvalue weighted by atomic mass is 10.2. The molecule has 23 heavy (non-hydrogen) atoms. The number of ether oxygens (including phenoxy) is 1. The molecule has 0 saturated carbocycles. The number of carbonyl (C=O) groups is 1. The van der Waals surface area contributed by atoms with Crippen LogP contribution in [-0.2, 0) is 4.79 Å². The van der Waals surface area contributed by atoms with Crippen molar-refractivity contribution in [3.05, 3.63) is 64.8 Å². The molecule has 4 nitrogen and oxygen atoms in total. The Morgan fingerprint density at radius 3 is 2.70 bits per heavy atom. The normalized spacial score (nSPS) is 17.6. The monoisotopic (exact) mass is 328 g/mol. The Kier molecular flexibility index (Phi) is 4.43. The minimum atomic E-state index is -0.366. The summed E-state index contributed by atoms with van der Waals surface area (Å²) in [6.45, 7) is 0. The van der Waals surface area contributed by atoms with Crippen LogP contribution in [0.4, 0.5) is 10.1 Å². The average Bonchev–Trinajstić information content (AvgIpc) is 2.87. The molecule has 2 aromatic carbocycles. The first-order valence-electron chi connectivity index (χ1n) is 6.83. The van der Waals surface area contributed by atoms with Gasteiger partial charge in [0.1, 0.15) is 11.6 Å². The Balaban J connectivity index is 1.80. The minimum absolute atomic E-state index is 0.221. The van der Waals surface area contributed by atoms with Gasteiger partial charge in [-0.05, 0) is 53.7 Å². The molecule has 0 bridgehead atoms. The van der Waals surface area contributed by atoms with Gasteiger partial charge in [-0.1, -0.05) is 18.2 Å². The Morgan fingerprint density at radius 1 is 1.22 bits per heavy atom. The van der Waals surface area contributed by atoms with Crippen LogP contribution in [0.2, 0.25) is 0 Å². The maximum atomic E-state index is 13.2. The number of halogens is 1. The third-order valence-corrected chi connectivity index (χ3v) is 4.01. The first-order valence-corrected chi connectivity index (χ1v) is 7.65. The van der Waals surface area contributed by atoms with Crippen molar-refractivity contribution in [3.8, 4) is 5.75 Å². The molecule has 3 rings (SSSR count). The summed E-state index contributed by atoms with van der Waals surface area (Å²) in [6.07, 6.45) is 1.77. The molecule has 6 heteroatoms. The number of aliphatic imine (C=N–C) groups is 1. The summed E-state index contributed by atoms with van der Waals surface area (Å²) in [5.41, 5.74) is 1.34. The molecule has 0 atom stereocenters. The van der Waals surface area contributed by atoms with Crippen LogP contribution in [0, 0.1) is 5.82 Å². The van der Waals surface area contributed by atoms with Crippen LogP contribution in [0.1, 0.15) is 5.56 Å². The number of amides is 1. The molecule has 0 radical (unpaired) electrons. The topological polar surface area (TPSA) is 50.7 Å². The van der Waals surface area contributed by atoms with E-state index in [1.165, 1.54) is 23.9 Å². The molecular weight excluding hydrogens is 315 g/mol. The van der Waals surface area contributed by atoms with Gasteiger partial charge in [-0.2, -0.15) is 0 Å². The number of thioether (sulfide) groups is 1. The van der Waals surface area contributed by atoms with Crippen molar-refractivity contribution in [2.24, 2.45) is 4.99 Å². The molecule has 1 N–H and O–H groups in total. The van der Waals surface area contributed by atoms with Crippen LogP contribution in [-0.4, -0.2) is 18.2 Å². The number of nitrogens with zero attached hydrogens (tertiary/aromatic N) is 1. The smallest absolute Gasteiger partial charge is 0.264 e. The molecule has 0 aromatic heterocycles. The maximum absolute atomic E-state index is 13.2. The molecule has 1 saturated heterocycles. The van der Waals surface area contributed by atoms with Gasteiger partial charge in [-0.25, -0.2) is 9.38 Å². The summed E-state index contributed by atoms with van der Waals surface area (Å²) in [5.74, 6) is 0.167. The number of benzene rings is 2. The van der Waals surface area contributed by atoms with Crippen molar-refractivity contribution in [3.63, 3.8) is 0 Å². The van der Waals surface area contributed by atoms with Gasteiger partial charge in [0.25, 0.3) is 5.91 Å². The highest BCUT2D eigenvalue weighted by atomic mass is 32.2. The minimum Gasteiger partial charge on any atom is -0.497 e. The van der Waals surface area contributed by atoms with Gasteiger partial charge < -0.3 is 10.1 Å². The Bertz CT molecular complexity index is 800. The fourth-order valence-corrected chi connectivity index (χ4v) is 2.84. The first-order chi connectivity index (χ1) is 11.1. The largest absolute Gasteiger partial charge is 0.497 e. The van der Waals surface area contributed by atoms with Crippen molar-refractivity contribution in [1.29, 1.82) is 0 Å². The Morgan fingerprint density at radius 2 is 2.00 bits per heavy atom. The van der Waals surface area contributed by atoms with E-state index in [4.69, 9.17) is 4.74 Å². The van der Waals surface area contributed by atoms with E-state index in [9.17, 15) is 9.18 Å². The lowest BCUT2D eigenvalue weighted by Gasteiger charge is -1.99. The molecule has 1 aliphatic rings. The van der Waals surface area contributed by atoms with E-state index in [1.807, 2.05) is 24.3 Å². The zero-order valence-electron chi connectivity index (χ0n) is 12.2. The summed E-state index contributed by atoms with van der Waals surface area (Å²) in [4.78, 5) is 16.8. The molecular formula is C17H13FN2O2S. The number of hydrogen-bond acceptors (Lipinski definition) is 4. The van der Waals surface area contributed by atoms with E-state index < -0.39 is 0 Å². The van der Waals surface area contributed by atoms with Gasteiger partial charge in [0.2, 0.25) is 0 Å². The van der Waals surface area contributed by atoms with Crippen LogP contribution in [0.5, 0.6) is 5.75 Å². The molecule has 1 fully saturated rings. The summed E-state index contributed by atoms with van der Waals surface area (Å²) in [5, 5.41) is 3.10. The van der Waals surface area contributed by atoms with E-state index in [0.717, 1.165) is 11.3 Å². The van der Waals surface area contributed by atoms with Gasteiger partial charge in [-0.15, -0.1) is 0 Å². The van der Waals surface area contributed by atoms with Gasteiger partial charge in [0, 0.05) is 0 Å². The molecule has 2 aromatic rings. The second kappa shape index (κ2) is 6.66. The molecule has 1 amide bonds. The van der Waals surface area contributed by atoms with Gasteiger partial charge in [-0.3, -0.25) is 4.79 Å². The fourth-order valence-electron chi connectivity index (χ4n) is 1.99. The number of carbonyl (C=O) groups excluding carboxylic acids is 1. The predicted molar refractivity (Wildman–Crippen MR) is 90.2 cm³/mol. The highest BCUT2D eigenvalue weighted by Gasteiger charge is 2.23. The lowest BCUT2D eigenvalue weighted by molar-refractivity contribution is -0.115. The molecule has 0 unspecified atom stereocenters. The number of hydrogen-bond donors (Lipinski definition) is 1. The number of methoxy groups -OCH3 is 1. The van der Waals surface area contributed by atoms with Crippen molar-refractivity contribution in [1.82, 2.24) is 5.32 Å². The van der Waals surface area contributed by atoms with Crippen molar-refractivity contribution < 1.29 is 13.9 Å². The second-order valence-corrected chi connectivity index (χ2v) is 5.77. The van der Waals surface area contributed by atoms with E-state index in [-0.39, 0.29) is 11.7 Å². The summed E-state index contributed by atoms with van der Waals surface area (Å²) >= 11 is 1.22.